The number of hydrogen-bond acceptors (Lipinski definition) is 3. The molecule has 2 unspecified atom stereocenters. The van der Waals surface area contributed by atoms with E-state index in [0.29, 0.717) is 16.9 Å². The molecule has 0 amide bonds. The quantitative estimate of drug-likeness (QED) is 0.848. The highest BCUT2D eigenvalue weighted by Gasteiger charge is 2.25. The Morgan fingerprint density at radius 2 is 2.20 bits per heavy atom. The summed E-state index contributed by atoms with van der Waals surface area (Å²) in [6.07, 6.45) is 0. The Balaban J connectivity index is 2.14. The molecule has 2 rings (SSSR count). The number of nitrogens with zero attached hydrogens (tertiary/aromatic N) is 1. The lowest BCUT2D eigenvalue weighted by atomic mass is 10.1. The molecule has 1 aromatic carbocycles. The lowest BCUT2D eigenvalue weighted by Crippen LogP contribution is -2.43. The van der Waals surface area contributed by atoms with Gasteiger partial charge in [0.2, 0.25) is 0 Å². The minimum absolute atomic E-state index is 0.205. The fourth-order valence-corrected chi connectivity index (χ4v) is 3.57. The van der Waals surface area contributed by atoms with Gasteiger partial charge in [-0.15, -0.1) is 0 Å². The van der Waals surface area contributed by atoms with Gasteiger partial charge in [-0.1, -0.05) is 18.8 Å². The molecule has 20 heavy (non-hydrogen) atoms. The number of halogens is 1. The van der Waals surface area contributed by atoms with Crippen molar-refractivity contribution in [3.63, 3.8) is 0 Å². The van der Waals surface area contributed by atoms with E-state index in [2.05, 4.69) is 30.6 Å². The molecule has 1 saturated heterocycles. The van der Waals surface area contributed by atoms with Crippen molar-refractivity contribution in [3.8, 4) is 11.8 Å². The molecule has 0 aliphatic carbocycles. The third-order valence-corrected chi connectivity index (χ3v) is 5.01. The van der Waals surface area contributed by atoms with Crippen LogP contribution >= 0.6 is 11.8 Å². The normalized spacial score (nSPS) is 23.2. The molecule has 0 saturated carbocycles. The molecule has 1 aromatic rings. The zero-order valence-corrected chi connectivity index (χ0v) is 12.7. The van der Waals surface area contributed by atoms with Crippen molar-refractivity contribution in [1.82, 2.24) is 4.90 Å². The highest BCUT2D eigenvalue weighted by atomic mass is 32.2. The lowest BCUT2D eigenvalue weighted by Gasteiger charge is -2.37. The Hall–Kier alpha value is -1.02. The van der Waals surface area contributed by atoms with Crippen LogP contribution in [0, 0.1) is 17.7 Å². The minimum atomic E-state index is -0.267. The molecule has 1 heterocycles. The summed E-state index contributed by atoms with van der Waals surface area (Å²) in [5.41, 5.74) is 1.57. The molecule has 0 aromatic heterocycles. The van der Waals surface area contributed by atoms with Crippen molar-refractivity contribution in [2.45, 2.75) is 31.7 Å². The van der Waals surface area contributed by atoms with E-state index in [1.807, 2.05) is 17.8 Å². The molecule has 2 atom stereocenters. The van der Waals surface area contributed by atoms with Gasteiger partial charge in [0.15, 0.2) is 0 Å². The molecular weight excluding hydrogens is 273 g/mol. The maximum atomic E-state index is 13.6. The van der Waals surface area contributed by atoms with E-state index >= 15 is 0 Å². The van der Waals surface area contributed by atoms with E-state index in [9.17, 15) is 4.39 Å². The van der Waals surface area contributed by atoms with E-state index in [1.54, 1.807) is 6.07 Å². The van der Waals surface area contributed by atoms with E-state index in [4.69, 9.17) is 5.11 Å². The van der Waals surface area contributed by atoms with Gasteiger partial charge in [0, 0.05) is 35.7 Å². The second-order valence-corrected chi connectivity index (χ2v) is 6.58. The zero-order valence-electron chi connectivity index (χ0n) is 11.9. The van der Waals surface area contributed by atoms with Gasteiger partial charge in [0.1, 0.15) is 12.4 Å². The van der Waals surface area contributed by atoms with Crippen LogP contribution in [0.15, 0.2) is 18.2 Å². The first-order valence-corrected chi connectivity index (χ1v) is 7.90. The molecule has 1 aliphatic rings. The first kappa shape index (κ1) is 15.4. The van der Waals surface area contributed by atoms with Crippen LogP contribution in [-0.2, 0) is 6.54 Å². The third-order valence-electron chi connectivity index (χ3n) is 3.67. The van der Waals surface area contributed by atoms with Crippen LogP contribution < -0.4 is 0 Å². The Labute approximate surface area is 124 Å². The summed E-state index contributed by atoms with van der Waals surface area (Å²) in [7, 11) is 0. The number of aliphatic hydroxyl groups is 1. The highest BCUT2D eigenvalue weighted by molar-refractivity contribution is 8.00. The standard InChI is InChI=1S/C16H20FNOS/c1-12-13(2)20-7-5-18(12)11-15-8-14(4-3-6-19)9-16(17)10-15/h8-10,12-13,19H,5-7,11H2,1-2H3. The third kappa shape index (κ3) is 3.99. The van der Waals surface area contributed by atoms with Gasteiger partial charge in [-0.25, -0.2) is 4.39 Å². The molecular formula is C16H20FNOS. The highest BCUT2D eigenvalue weighted by Crippen LogP contribution is 2.25. The average Bonchev–Trinajstić information content (AvgIpc) is 2.41. The predicted molar refractivity (Wildman–Crippen MR) is 82.2 cm³/mol. The van der Waals surface area contributed by atoms with Crippen molar-refractivity contribution < 1.29 is 9.50 Å². The summed E-state index contributed by atoms with van der Waals surface area (Å²) in [4.78, 5) is 2.39. The van der Waals surface area contributed by atoms with E-state index < -0.39 is 0 Å². The minimum Gasteiger partial charge on any atom is -0.384 e. The van der Waals surface area contributed by atoms with E-state index in [0.717, 1.165) is 24.4 Å². The van der Waals surface area contributed by atoms with Crippen LogP contribution in [0.5, 0.6) is 0 Å². The van der Waals surface area contributed by atoms with Gasteiger partial charge < -0.3 is 5.11 Å². The number of benzene rings is 1. The number of aliphatic hydroxyl groups excluding tert-OH is 1. The zero-order chi connectivity index (χ0) is 14.5. The van der Waals surface area contributed by atoms with Gasteiger partial charge in [-0.3, -0.25) is 4.90 Å². The lowest BCUT2D eigenvalue weighted by molar-refractivity contribution is 0.204. The van der Waals surface area contributed by atoms with E-state index in [1.165, 1.54) is 6.07 Å². The molecule has 108 valence electrons. The number of thioether (sulfide) groups is 1. The van der Waals surface area contributed by atoms with Gasteiger partial charge in [0.05, 0.1) is 0 Å². The largest absolute Gasteiger partial charge is 0.384 e. The fraction of sp³-hybridized carbons (Fsp3) is 0.500. The van der Waals surface area contributed by atoms with Crippen molar-refractivity contribution in [3.05, 3.63) is 35.1 Å². The Morgan fingerprint density at radius 3 is 2.95 bits per heavy atom. The molecule has 0 radical (unpaired) electrons. The van der Waals surface area contributed by atoms with Crippen molar-refractivity contribution in [2.75, 3.05) is 18.9 Å². The number of rotatable bonds is 2. The van der Waals surface area contributed by atoms with Gasteiger partial charge in [-0.05, 0) is 30.7 Å². The van der Waals surface area contributed by atoms with Crippen molar-refractivity contribution in [2.24, 2.45) is 0 Å². The molecule has 2 nitrogen and oxygen atoms in total. The molecule has 0 bridgehead atoms. The molecule has 4 heteroatoms. The first-order chi connectivity index (χ1) is 9.60. The van der Waals surface area contributed by atoms with Crippen LogP contribution in [0.3, 0.4) is 0 Å². The summed E-state index contributed by atoms with van der Waals surface area (Å²) in [6, 6.07) is 5.38. The maximum Gasteiger partial charge on any atom is 0.124 e. The summed E-state index contributed by atoms with van der Waals surface area (Å²) >= 11 is 1.99. The Morgan fingerprint density at radius 1 is 1.40 bits per heavy atom. The molecule has 1 N–H and O–H groups in total. The predicted octanol–water partition coefficient (Wildman–Crippen LogP) is 2.50. The molecule has 1 aliphatic heterocycles. The first-order valence-electron chi connectivity index (χ1n) is 6.85. The van der Waals surface area contributed by atoms with E-state index in [-0.39, 0.29) is 12.4 Å². The van der Waals surface area contributed by atoms with Crippen LogP contribution in [0.4, 0.5) is 4.39 Å². The van der Waals surface area contributed by atoms with Crippen LogP contribution in [0.2, 0.25) is 0 Å². The summed E-state index contributed by atoms with van der Waals surface area (Å²) in [5.74, 6) is 6.19. The monoisotopic (exact) mass is 293 g/mol. The van der Waals surface area contributed by atoms with Crippen LogP contribution in [0.25, 0.3) is 0 Å². The van der Waals surface area contributed by atoms with Gasteiger partial charge in [0.25, 0.3) is 0 Å². The molecule has 1 fully saturated rings. The average molecular weight is 293 g/mol. The van der Waals surface area contributed by atoms with Crippen molar-refractivity contribution in [1.29, 1.82) is 0 Å². The summed E-state index contributed by atoms with van der Waals surface area (Å²) in [6.45, 7) is 6.04. The second kappa shape index (κ2) is 7.12. The maximum absolute atomic E-state index is 13.6. The Kier molecular flexibility index (Phi) is 5.47. The number of hydrogen-bond donors (Lipinski definition) is 1. The Bertz CT molecular complexity index is 523. The molecule has 0 spiro atoms. The SMILES string of the molecule is CC1SCCN(Cc2cc(F)cc(C#CCO)c2)C1C. The van der Waals surface area contributed by atoms with Gasteiger partial charge in [-0.2, -0.15) is 11.8 Å². The second-order valence-electron chi connectivity index (χ2n) is 5.10. The smallest absolute Gasteiger partial charge is 0.124 e. The fourth-order valence-electron chi connectivity index (χ4n) is 2.41. The van der Waals surface area contributed by atoms with Crippen molar-refractivity contribution >= 4 is 11.8 Å². The summed E-state index contributed by atoms with van der Waals surface area (Å²) < 4.78 is 13.6. The van der Waals surface area contributed by atoms with Crippen LogP contribution in [-0.4, -0.2) is 40.2 Å². The topological polar surface area (TPSA) is 23.5 Å². The summed E-state index contributed by atoms with van der Waals surface area (Å²) in [5, 5.41) is 9.32. The van der Waals surface area contributed by atoms with Gasteiger partial charge >= 0.3 is 0 Å². The van der Waals surface area contributed by atoms with Crippen LogP contribution in [0.1, 0.15) is 25.0 Å².